The van der Waals surface area contributed by atoms with Gasteiger partial charge >= 0.3 is 5.97 Å². The maximum Gasteiger partial charge on any atom is 0.306 e. The standard InChI is InChI=1S/C10H14N4O3/c15-9(8-5-11-14-13-8)12-7-3-1-6(2-4-7)10(16)17/h5-7H,1-4H2,(H,12,15)(H,16,17)(H,11,13,14). The summed E-state index contributed by atoms with van der Waals surface area (Å²) in [7, 11) is 0. The monoisotopic (exact) mass is 238 g/mol. The van der Waals surface area contributed by atoms with Crippen molar-refractivity contribution in [2.75, 3.05) is 0 Å². The number of carboxylic acid groups (broad SMARTS) is 1. The highest BCUT2D eigenvalue weighted by Crippen LogP contribution is 2.24. The van der Waals surface area contributed by atoms with E-state index >= 15 is 0 Å². The molecule has 0 radical (unpaired) electrons. The Morgan fingerprint density at radius 2 is 2.06 bits per heavy atom. The number of H-pyrrole nitrogens is 1. The lowest BCUT2D eigenvalue weighted by atomic mass is 9.86. The number of carboxylic acids is 1. The molecule has 0 aliphatic heterocycles. The maximum absolute atomic E-state index is 11.6. The average molecular weight is 238 g/mol. The number of nitrogens with zero attached hydrogens (tertiary/aromatic N) is 2. The molecular formula is C10H14N4O3. The first-order valence-electron chi connectivity index (χ1n) is 5.56. The van der Waals surface area contributed by atoms with Crippen LogP contribution in [0.5, 0.6) is 0 Å². The van der Waals surface area contributed by atoms with Crippen LogP contribution in [-0.2, 0) is 4.79 Å². The molecule has 0 spiro atoms. The first-order chi connectivity index (χ1) is 8.16. The van der Waals surface area contributed by atoms with Gasteiger partial charge in [-0.3, -0.25) is 9.59 Å². The number of carbonyl (C=O) groups is 2. The van der Waals surface area contributed by atoms with Crippen LogP contribution >= 0.6 is 0 Å². The Morgan fingerprint density at radius 3 is 2.59 bits per heavy atom. The van der Waals surface area contributed by atoms with Crippen molar-refractivity contribution < 1.29 is 14.7 Å². The average Bonchev–Trinajstić information content (AvgIpc) is 2.83. The van der Waals surface area contributed by atoms with E-state index in [-0.39, 0.29) is 23.6 Å². The predicted molar refractivity (Wildman–Crippen MR) is 57.2 cm³/mol. The zero-order valence-corrected chi connectivity index (χ0v) is 9.22. The number of amides is 1. The molecule has 1 aromatic rings. The summed E-state index contributed by atoms with van der Waals surface area (Å²) in [5.74, 6) is -1.28. The SMILES string of the molecule is O=C(NC1CCC(C(=O)O)CC1)c1cn[nH]n1. The molecule has 0 bridgehead atoms. The van der Waals surface area contributed by atoms with Crippen molar-refractivity contribution in [1.29, 1.82) is 0 Å². The molecule has 1 aromatic heterocycles. The molecule has 0 unspecified atom stereocenters. The number of hydrogen-bond donors (Lipinski definition) is 3. The van der Waals surface area contributed by atoms with Crippen LogP contribution in [0.4, 0.5) is 0 Å². The molecule has 3 N–H and O–H groups in total. The second-order valence-corrected chi connectivity index (χ2v) is 4.22. The summed E-state index contributed by atoms with van der Waals surface area (Å²) in [5, 5.41) is 21.3. The van der Waals surface area contributed by atoms with Crippen LogP contribution in [0.3, 0.4) is 0 Å². The molecule has 7 nitrogen and oxygen atoms in total. The second-order valence-electron chi connectivity index (χ2n) is 4.22. The topological polar surface area (TPSA) is 108 Å². The van der Waals surface area contributed by atoms with E-state index in [0.717, 1.165) is 0 Å². The van der Waals surface area contributed by atoms with E-state index in [9.17, 15) is 9.59 Å². The first kappa shape index (κ1) is 11.6. The minimum Gasteiger partial charge on any atom is -0.481 e. The fraction of sp³-hybridized carbons (Fsp3) is 0.600. The van der Waals surface area contributed by atoms with E-state index in [0.29, 0.717) is 25.7 Å². The number of nitrogens with one attached hydrogen (secondary N) is 2. The summed E-state index contributed by atoms with van der Waals surface area (Å²) < 4.78 is 0. The van der Waals surface area contributed by atoms with Crippen molar-refractivity contribution >= 4 is 11.9 Å². The zero-order chi connectivity index (χ0) is 12.3. The number of aliphatic carboxylic acids is 1. The van der Waals surface area contributed by atoms with Crippen LogP contribution in [0.15, 0.2) is 6.20 Å². The minimum atomic E-state index is -0.744. The molecule has 7 heteroatoms. The van der Waals surface area contributed by atoms with Crippen molar-refractivity contribution in [3.8, 4) is 0 Å². The van der Waals surface area contributed by atoms with Gasteiger partial charge in [0.05, 0.1) is 12.1 Å². The first-order valence-corrected chi connectivity index (χ1v) is 5.56. The Morgan fingerprint density at radius 1 is 1.35 bits per heavy atom. The third-order valence-corrected chi connectivity index (χ3v) is 3.06. The van der Waals surface area contributed by atoms with Gasteiger partial charge in [-0.15, -0.1) is 0 Å². The zero-order valence-electron chi connectivity index (χ0n) is 9.22. The van der Waals surface area contributed by atoms with E-state index in [1.807, 2.05) is 0 Å². The van der Waals surface area contributed by atoms with Gasteiger partial charge in [0.1, 0.15) is 0 Å². The van der Waals surface area contributed by atoms with Crippen molar-refractivity contribution in [3.63, 3.8) is 0 Å². The van der Waals surface area contributed by atoms with Crippen molar-refractivity contribution in [1.82, 2.24) is 20.7 Å². The van der Waals surface area contributed by atoms with Gasteiger partial charge in [-0.2, -0.15) is 15.4 Å². The summed E-state index contributed by atoms with van der Waals surface area (Å²) in [4.78, 5) is 22.4. The lowest BCUT2D eigenvalue weighted by Crippen LogP contribution is -2.38. The van der Waals surface area contributed by atoms with Gasteiger partial charge in [-0.25, -0.2) is 0 Å². The number of hydrogen-bond acceptors (Lipinski definition) is 4. The highest BCUT2D eigenvalue weighted by Gasteiger charge is 2.27. The summed E-state index contributed by atoms with van der Waals surface area (Å²) in [6, 6.07) is 0.0369. The number of carbonyl (C=O) groups excluding carboxylic acids is 1. The molecular weight excluding hydrogens is 224 g/mol. The van der Waals surface area contributed by atoms with Gasteiger partial charge < -0.3 is 10.4 Å². The molecule has 0 atom stereocenters. The third kappa shape index (κ3) is 2.80. The van der Waals surface area contributed by atoms with Gasteiger partial charge in [-0.05, 0) is 25.7 Å². The molecule has 1 heterocycles. The van der Waals surface area contributed by atoms with Gasteiger partial charge in [-0.1, -0.05) is 0 Å². The normalized spacial score (nSPS) is 24.2. The summed E-state index contributed by atoms with van der Waals surface area (Å²) in [6.45, 7) is 0. The molecule has 0 saturated heterocycles. The fourth-order valence-electron chi connectivity index (χ4n) is 2.06. The highest BCUT2D eigenvalue weighted by atomic mass is 16.4. The largest absolute Gasteiger partial charge is 0.481 e. The summed E-state index contributed by atoms with van der Waals surface area (Å²) in [6.07, 6.45) is 3.97. The number of rotatable bonds is 3. The lowest BCUT2D eigenvalue weighted by Gasteiger charge is -2.26. The van der Waals surface area contributed by atoms with E-state index < -0.39 is 5.97 Å². The van der Waals surface area contributed by atoms with Crippen molar-refractivity contribution in [3.05, 3.63) is 11.9 Å². The van der Waals surface area contributed by atoms with Crippen molar-refractivity contribution in [2.24, 2.45) is 5.92 Å². The number of aromatic nitrogens is 3. The quantitative estimate of drug-likeness (QED) is 0.696. The van der Waals surface area contributed by atoms with E-state index in [1.54, 1.807) is 0 Å². The predicted octanol–water partition coefficient (Wildman–Crippen LogP) is 0.178. The Bertz CT molecular complexity index is 396. The third-order valence-electron chi connectivity index (χ3n) is 3.06. The van der Waals surface area contributed by atoms with Crippen LogP contribution in [0.1, 0.15) is 36.2 Å². The van der Waals surface area contributed by atoms with Gasteiger partial charge in [0.15, 0.2) is 5.69 Å². The summed E-state index contributed by atoms with van der Waals surface area (Å²) >= 11 is 0. The molecule has 1 aliphatic carbocycles. The lowest BCUT2D eigenvalue weighted by molar-refractivity contribution is -0.142. The van der Waals surface area contributed by atoms with Gasteiger partial charge in [0.2, 0.25) is 0 Å². The second kappa shape index (κ2) is 4.94. The van der Waals surface area contributed by atoms with Crippen LogP contribution in [0, 0.1) is 5.92 Å². The number of aromatic amines is 1. The Kier molecular flexibility index (Phi) is 3.36. The molecule has 1 saturated carbocycles. The molecule has 1 aliphatic rings. The van der Waals surface area contributed by atoms with E-state index in [2.05, 4.69) is 20.7 Å². The van der Waals surface area contributed by atoms with Crippen LogP contribution in [0.2, 0.25) is 0 Å². The fourth-order valence-corrected chi connectivity index (χ4v) is 2.06. The van der Waals surface area contributed by atoms with Gasteiger partial charge in [0.25, 0.3) is 5.91 Å². The van der Waals surface area contributed by atoms with Crippen LogP contribution < -0.4 is 5.32 Å². The van der Waals surface area contributed by atoms with Crippen molar-refractivity contribution in [2.45, 2.75) is 31.7 Å². The van der Waals surface area contributed by atoms with Crippen LogP contribution in [-0.4, -0.2) is 38.4 Å². The molecule has 1 amide bonds. The van der Waals surface area contributed by atoms with Gasteiger partial charge in [0, 0.05) is 6.04 Å². The molecule has 2 rings (SSSR count). The van der Waals surface area contributed by atoms with Crippen LogP contribution in [0.25, 0.3) is 0 Å². The Hall–Kier alpha value is -1.92. The molecule has 1 fully saturated rings. The van der Waals surface area contributed by atoms with E-state index in [4.69, 9.17) is 5.11 Å². The molecule has 0 aromatic carbocycles. The van der Waals surface area contributed by atoms with E-state index in [1.165, 1.54) is 6.20 Å². The molecule has 17 heavy (non-hydrogen) atoms. The Labute approximate surface area is 97.6 Å². The summed E-state index contributed by atoms with van der Waals surface area (Å²) in [5.41, 5.74) is 0.255. The molecule has 92 valence electrons. The minimum absolute atomic E-state index is 0.0369. The highest BCUT2D eigenvalue weighted by molar-refractivity contribution is 5.92. The smallest absolute Gasteiger partial charge is 0.306 e. The Balaban J connectivity index is 1.82. The maximum atomic E-state index is 11.6.